The molecule has 1 aromatic carbocycles. The number of hydrogen-bond donors (Lipinski definition) is 1. The normalized spacial score (nSPS) is 29.0. The maximum atomic E-state index is 6.68. The molecule has 0 bridgehead atoms. The lowest BCUT2D eigenvalue weighted by atomic mass is 9.77. The Bertz CT molecular complexity index is 478. The molecule has 2 aliphatic rings. The summed E-state index contributed by atoms with van der Waals surface area (Å²) in [5.41, 5.74) is 9.54. The zero-order valence-electron chi connectivity index (χ0n) is 13.8. The molecule has 0 aromatic heterocycles. The minimum atomic E-state index is 0.185. The van der Waals surface area contributed by atoms with Gasteiger partial charge in [0.1, 0.15) is 0 Å². The number of fused-ring (bicyclic) bond motifs is 1. The molecule has 21 heavy (non-hydrogen) atoms. The third kappa shape index (κ3) is 3.17. The van der Waals surface area contributed by atoms with E-state index >= 15 is 0 Å². The van der Waals surface area contributed by atoms with Crippen LogP contribution >= 0.6 is 0 Å². The van der Waals surface area contributed by atoms with Gasteiger partial charge in [0.15, 0.2) is 0 Å². The highest BCUT2D eigenvalue weighted by Crippen LogP contribution is 2.42. The Labute approximate surface area is 129 Å². The molecule has 1 aromatic rings. The Morgan fingerprint density at radius 3 is 2.48 bits per heavy atom. The fourth-order valence-electron chi connectivity index (χ4n) is 3.88. The lowest BCUT2D eigenvalue weighted by Gasteiger charge is -2.42. The molecule has 3 rings (SSSR count). The highest BCUT2D eigenvalue weighted by atomic mass is 15.2. The lowest BCUT2D eigenvalue weighted by molar-refractivity contribution is 0.131. The van der Waals surface area contributed by atoms with Crippen LogP contribution in [0.3, 0.4) is 0 Å². The molecule has 1 saturated carbocycles. The average molecular weight is 286 g/mol. The first-order chi connectivity index (χ1) is 10.1. The zero-order chi connectivity index (χ0) is 15.0. The van der Waals surface area contributed by atoms with Crippen LogP contribution in [-0.4, -0.2) is 23.5 Å². The lowest BCUT2D eigenvalue weighted by Crippen LogP contribution is -2.47. The standard InChI is InChI=1S/C19H30N2/c1-13(2)10-11-21(15-8-9-15)18-12-14(3)16-6-4-5-7-17(16)19(18)20/h4-7,13-15,18-19H,8-12,20H2,1-3H3. The van der Waals surface area contributed by atoms with E-state index in [1.54, 1.807) is 0 Å². The molecule has 2 N–H and O–H groups in total. The first kappa shape index (κ1) is 15.1. The number of hydrogen-bond acceptors (Lipinski definition) is 2. The summed E-state index contributed by atoms with van der Waals surface area (Å²) >= 11 is 0. The second kappa shape index (κ2) is 6.10. The Morgan fingerprint density at radius 1 is 1.19 bits per heavy atom. The smallest absolute Gasteiger partial charge is 0.0456 e. The average Bonchev–Trinajstić information content (AvgIpc) is 3.29. The summed E-state index contributed by atoms with van der Waals surface area (Å²) in [7, 11) is 0. The molecule has 0 heterocycles. The van der Waals surface area contributed by atoms with Crippen LogP contribution in [0.4, 0.5) is 0 Å². The maximum absolute atomic E-state index is 6.68. The number of nitrogens with two attached hydrogens (primary N) is 1. The fourth-order valence-corrected chi connectivity index (χ4v) is 3.88. The van der Waals surface area contributed by atoms with Crippen LogP contribution in [0.2, 0.25) is 0 Å². The van der Waals surface area contributed by atoms with E-state index in [2.05, 4.69) is 49.9 Å². The summed E-state index contributed by atoms with van der Waals surface area (Å²) in [6, 6.07) is 10.3. The molecule has 3 unspecified atom stereocenters. The van der Waals surface area contributed by atoms with Crippen molar-refractivity contribution in [2.45, 2.75) is 70.5 Å². The molecule has 2 heteroatoms. The monoisotopic (exact) mass is 286 g/mol. The Morgan fingerprint density at radius 2 is 1.86 bits per heavy atom. The Hall–Kier alpha value is -0.860. The van der Waals surface area contributed by atoms with Gasteiger partial charge >= 0.3 is 0 Å². The van der Waals surface area contributed by atoms with Gasteiger partial charge in [-0.2, -0.15) is 0 Å². The van der Waals surface area contributed by atoms with Gasteiger partial charge in [-0.15, -0.1) is 0 Å². The predicted molar refractivity (Wildman–Crippen MR) is 89.4 cm³/mol. The molecule has 2 nitrogen and oxygen atoms in total. The van der Waals surface area contributed by atoms with Crippen molar-refractivity contribution in [3.05, 3.63) is 35.4 Å². The van der Waals surface area contributed by atoms with Crippen LogP contribution in [0.5, 0.6) is 0 Å². The van der Waals surface area contributed by atoms with E-state index in [1.165, 1.54) is 43.4 Å². The fraction of sp³-hybridized carbons (Fsp3) is 0.684. The second-order valence-electron chi connectivity index (χ2n) is 7.51. The van der Waals surface area contributed by atoms with Crippen molar-refractivity contribution in [3.63, 3.8) is 0 Å². The van der Waals surface area contributed by atoms with Crippen molar-refractivity contribution in [2.75, 3.05) is 6.54 Å². The van der Waals surface area contributed by atoms with Gasteiger partial charge in [-0.3, -0.25) is 4.90 Å². The van der Waals surface area contributed by atoms with Crippen LogP contribution < -0.4 is 5.73 Å². The molecule has 0 saturated heterocycles. The first-order valence-electron chi connectivity index (χ1n) is 8.68. The number of benzene rings is 1. The highest BCUT2D eigenvalue weighted by molar-refractivity contribution is 5.36. The largest absolute Gasteiger partial charge is 0.323 e. The van der Waals surface area contributed by atoms with E-state index in [1.807, 2.05) is 0 Å². The molecule has 116 valence electrons. The van der Waals surface area contributed by atoms with Crippen molar-refractivity contribution < 1.29 is 0 Å². The van der Waals surface area contributed by atoms with Gasteiger partial charge < -0.3 is 5.73 Å². The zero-order valence-corrected chi connectivity index (χ0v) is 13.8. The third-order valence-electron chi connectivity index (χ3n) is 5.30. The summed E-state index contributed by atoms with van der Waals surface area (Å²) in [5, 5.41) is 0. The van der Waals surface area contributed by atoms with Gasteiger partial charge in [0.25, 0.3) is 0 Å². The van der Waals surface area contributed by atoms with Crippen molar-refractivity contribution in [1.82, 2.24) is 4.90 Å². The van der Waals surface area contributed by atoms with Gasteiger partial charge in [0.05, 0.1) is 0 Å². The van der Waals surface area contributed by atoms with E-state index < -0.39 is 0 Å². The SMILES string of the molecule is CC(C)CCN(C1CC1)C1CC(C)c2ccccc2C1N. The summed E-state index contributed by atoms with van der Waals surface area (Å²) in [6.45, 7) is 8.23. The van der Waals surface area contributed by atoms with Crippen molar-refractivity contribution >= 4 is 0 Å². The molecule has 1 fully saturated rings. The minimum Gasteiger partial charge on any atom is -0.323 e. The molecule has 3 atom stereocenters. The molecule has 2 aliphatic carbocycles. The minimum absolute atomic E-state index is 0.185. The van der Waals surface area contributed by atoms with Gasteiger partial charge in [-0.25, -0.2) is 0 Å². The van der Waals surface area contributed by atoms with Crippen LogP contribution in [0.25, 0.3) is 0 Å². The Kier molecular flexibility index (Phi) is 4.37. The van der Waals surface area contributed by atoms with E-state index in [9.17, 15) is 0 Å². The summed E-state index contributed by atoms with van der Waals surface area (Å²) in [6.07, 6.45) is 5.25. The van der Waals surface area contributed by atoms with Crippen LogP contribution in [0.1, 0.15) is 69.5 Å². The van der Waals surface area contributed by atoms with E-state index in [0.717, 1.165) is 12.0 Å². The van der Waals surface area contributed by atoms with Crippen molar-refractivity contribution in [2.24, 2.45) is 11.7 Å². The maximum Gasteiger partial charge on any atom is 0.0456 e. The van der Waals surface area contributed by atoms with Crippen molar-refractivity contribution in [1.29, 1.82) is 0 Å². The number of rotatable bonds is 5. The molecular weight excluding hydrogens is 256 g/mol. The molecule has 0 radical (unpaired) electrons. The van der Waals surface area contributed by atoms with E-state index in [0.29, 0.717) is 12.0 Å². The Balaban J connectivity index is 1.81. The summed E-state index contributed by atoms with van der Waals surface area (Å²) in [4.78, 5) is 2.75. The topological polar surface area (TPSA) is 29.3 Å². The first-order valence-corrected chi connectivity index (χ1v) is 8.68. The van der Waals surface area contributed by atoms with Crippen LogP contribution in [-0.2, 0) is 0 Å². The van der Waals surface area contributed by atoms with Gasteiger partial charge in [-0.05, 0) is 55.2 Å². The van der Waals surface area contributed by atoms with E-state index in [-0.39, 0.29) is 6.04 Å². The number of nitrogens with zero attached hydrogens (tertiary/aromatic N) is 1. The summed E-state index contributed by atoms with van der Waals surface area (Å²) < 4.78 is 0. The van der Waals surface area contributed by atoms with Crippen LogP contribution in [0, 0.1) is 5.92 Å². The quantitative estimate of drug-likeness (QED) is 0.884. The molecule has 0 amide bonds. The second-order valence-corrected chi connectivity index (χ2v) is 7.51. The molecular formula is C19H30N2. The van der Waals surface area contributed by atoms with Crippen LogP contribution in [0.15, 0.2) is 24.3 Å². The third-order valence-corrected chi connectivity index (χ3v) is 5.30. The predicted octanol–water partition coefficient (Wildman–Crippen LogP) is 4.07. The van der Waals surface area contributed by atoms with Gasteiger partial charge in [0.2, 0.25) is 0 Å². The molecule has 0 aliphatic heterocycles. The summed E-state index contributed by atoms with van der Waals surface area (Å²) in [5.74, 6) is 1.40. The highest BCUT2D eigenvalue weighted by Gasteiger charge is 2.40. The van der Waals surface area contributed by atoms with E-state index in [4.69, 9.17) is 5.73 Å². The van der Waals surface area contributed by atoms with Gasteiger partial charge in [0, 0.05) is 18.1 Å². The van der Waals surface area contributed by atoms with Gasteiger partial charge in [-0.1, -0.05) is 45.0 Å². The van der Waals surface area contributed by atoms with Crippen molar-refractivity contribution in [3.8, 4) is 0 Å². The molecule has 0 spiro atoms.